The maximum atomic E-state index is 11.1. The van der Waals surface area contributed by atoms with Crippen LogP contribution in [0.4, 0.5) is 0 Å². The summed E-state index contributed by atoms with van der Waals surface area (Å²) >= 11 is 12.2. The number of esters is 1. The van der Waals surface area contributed by atoms with Crippen LogP contribution in [0.25, 0.3) is 11.2 Å². The van der Waals surface area contributed by atoms with E-state index >= 15 is 0 Å². The van der Waals surface area contributed by atoms with Gasteiger partial charge in [-0.1, -0.05) is 30.9 Å². The molecule has 3 rings (SSSR count). The molecule has 1 saturated heterocycles. The molecule has 1 aliphatic rings. The van der Waals surface area contributed by atoms with Gasteiger partial charge in [-0.05, 0) is 63.6 Å². The number of piperidine rings is 1. The van der Waals surface area contributed by atoms with E-state index in [1.165, 1.54) is 26.4 Å². The molecule has 0 unspecified atom stereocenters. The van der Waals surface area contributed by atoms with Crippen molar-refractivity contribution < 1.29 is 14.3 Å². The number of imidazole rings is 1. The first kappa shape index (κ1) is 27.1. The topological polar surface area (TPSA) is 82.4 Å². The number of aryl methyl sites for hydroxylation is 2. The van der Waals surface area contributed by atoms with Crippen molar-refractivity contribution in [3.63, 3.8) is 0 Å². The number of carbonyl (C=O) groups excluding carboxylic acids is 1. The van der Waals surface area contributed by atoms with Crippen LogP contribution in [0.5, 0.6) is 0 Å². The molecule has 10 heteroatoms. The van der Waals surface area contributed by atoms with Crippen molar-refractivity contribution in [1.29, 1.82) is 0 Å². The number of hydrogen-bond donors (Lipinski definition) is 0. The zero-order valence-electron chi connectivity index (χ0n) is 20.4. The van der Waals surface area contributed by atoms with Crippen LogP contribution < -0.4 is 0 Å². The van der Waals surface area contributed by atoms with Crippen LogP contribution in [-0.4, -0.2) is 69.8 Å². The Balaban J connectivity index is 1.22. The van der Waals surface area contributed by atoms with Crippen molar-refractivity contribution in [1.82, 2.24) is 24.4 Å². The zero-order chi connectivity index (χ0) is 24.3. The van der Waals surface area contributed by atoms with Gasteiger partial charge in [0.1, 0.15) is 11.3 Å². The lowest BCUT2D eigenvalue weighted by Gasteiger charge is -2.31. The lowest BCUT2D eigenvalue weighted by atomic mass is 10.1. The molecule has 0 bridgehead atoms. The van der Waals surface area contributed by atoms with Gasteiger partial charge in [-0.2, -0.15) is 4.98 Å². The average molecular weight is 514 g/mol. The Kier molecular flexibility index (Phi) is 11.3. The summed E-state index contributed by atoms with van der Waals surface area (Å²) in [4.78, 5) is 26.4. The lowest BCUT2D eigenvalue weighted by Crippen LogP contribution is -2.37. The normalized spacial score (nSPS) is 15.3. The van der Waals surface area contributed by atoms with Crippen LogP contribution in [-0.2, 0) is 20.8 Å². The van der Waals surface area contributed by atoms with E-state index in [1.54, 1.807) is 0 Å². The predicted octanol–water partition coefficient (Wildman–Crippen LogP) is 5.22. The van der Waals surface area contributed by atoms with Crippen LogP contribution in [0.15, 0.2) is 0 Å². The Morgan fingerprint density at radius 2 is 1.68 bits per heavy atom. The minimum absolute atomic E-state index is 0.124. The number of aromatic nitrogens is 4. The molecule has 0 radical (unpaired) electrons. The molecule has 0 atom stereocenters. The second-order valence-corrected chi connectivity index (χ2v) is 9.68. The molecule has 0 saturated carbocycles. The molecule has 0 amide bonds. The fourth-order valence-corrected chi connectivity index (χ4v) is 4.98. The van der Waals surface area contributed by atoms with Gasteiger partial charge in [0.05, 0.1) is 13.2 Å². The minimum atomic E-state index is -0.124. The third kappa shape index (κ3) is 8.33. The summed E-state index contributed by atoms with van der Waals surface area (Å²) in [6, 6.07) is 0. The quantitative estimate of drug-likeness (QED) is 0.148. The minimum Gasteiger partial charge on any atom is -0.469 e. The van der Waals surface area contributed by atoms with E-state index in [4.69, 9.17) is 27.9 Å². The van der Waals surface area contributed by atoms with E-state index in [2.05, 4.69) is 29.2 Å². The first-order chi connectivity index (χ1) is 16.5. The Hall–Kier alpha value is -1.48. The molecule has 2 aromatic heterocycles. The highest BCUT2D eigenvalue weighted by Crippen LogP contribution is 2.24. The van der Waals surface area contributed by atoms with Gasteiger partial charge < -0.3 is 18.9 Å². The van der Waals surface area contributed by atoms with Crippen molar-refractivity contribution in [3.05, 3.63) is 16.3 Å². The van der Waals surface area contributed by atoms with Gasteiger partial charge in [0, 0.05) is 32.7 Å². The molecule has 0 N–H and O–H groups in total. The molecule has 2 aromatic rings. The van der Waals surface area contributed by atoms with Crippen molar-refractivity contribution >= 4 is 40.3 Å². The van der Waals surface area contributed by atoms with Gasteiger partial charge in [-0.25, -0.2) is 9.97 Å². The van der Waals surface area contributed by atoms with Crippen molar-refractivity contribution in [2.75, 3.05) is 33.4 Å². The number of carbonyl (C=O) groups is 1. The SMILES string of the molecule is COC(=O)CCCCCOC1CCN(CCCCCCn2c(C)nc3nc(Cl)nc(Cl)c32)CC1. The number of ether oxygens (including phenoxy) is 2. The fourth-order valence-electron chi connectivity index (χ4n) is 4.51. The Morgan fingerprint density at radius 3 is 2.41 bits per heavy atom. The summed E-state index contributed by atoms with van der Waals surface area (Å²) in [5.41, 5.74) is 1.34. The summed E-state index contributed by atoms with van der Waals surface area (Å²) in [5, 5.41) is 0.492. The number of likely N-dealkylation sites (tertiary alicyclic amines) is 1. The molecule has 0 spiro atoms. The van der Waals surface area contributed by atoms with Gasteiger partial charge in [0.15, 0.2) is 10.8 Å². The fraction of sp³-hybridized carbons (Fsp3) is 0.750. The second kappa shape index (κ2) is 14.2. The first-order valence-electron chi connectivity index (χ1n) is 12.4. The Bertz CT molecular complexity index is 916. The van der Waals surface area contributed by atoms with Crippen molar-refractivity contribution in [2.24, 2.45) is 0 Å². The van der Waals surface area contributed by atoms with E-state index in [9.17, 15) is 4.79 Å². The Labute approximate surface area is 212 Å². The molecule has 1 fully saturated rings. The molecular weight excluding hydrogens is 477 g/mol. The summed E-state index contributed by atoms with van der Waals surface area (Å²) in [6.45, 7) is 7.01. The summed E-state index contributed by atoms with van der Waals surface area (Å²) in [6.07, 6.45) is 10.7. The van der Waals surface area contributed by atoms with Crippen molar-refractivity contribution in [3.8, 4) is 0 Å². The van der Waals surface area contributed by atoms with Gasteiger partial charge in [0.25, 0.3) is 0 Å². The monoisotopic (exact) mass is 513 g/mol. The van der Waals surface area contributed by atoms with Crippen LogP contribution >= 0.6 is 23.2 Å². The van der Waals surface area contributed by atoms with Gasteiger partial charge in [0.2, 0.25) is 5.28 Å². The summed E-state index contributed by atoms with van der Waals surface area (Å²) in [5.74, 6) is 0.765. The molecule has 8 nitrogen and oxygen atoms in total. The summed E-state index contributed by atoms with van der Waals surface area (Å²) in [7, 11) is 1.44. The highest BCUT2D eigenvalue weighted by molar-refractivity contribution is 6.35. The van der Waals surface area contributed by atoms with E-state index in [-0.39, 0.29) is 11.3 Å². The van der Waals surface area contributed by atoms with E-state index in [0.29, 0.717) is 23.3 Å². The molecule has 190 valence electrons. The highest BCUT2D eigenvalue weighted by Gasteiger charge is 2.19. The number of methoxy groups -OCH3 is 1. The summed E-state index contributed by atoms with van der Waals surface area (Å²) < 4.78 is 12.8. The van der Waals surface area contributed by atoms with Gasteiger partial charge >= 0.3 is 5.97 Å². The molecule has 3 heterocycles. The van der Waals surface area contributed by atoms with E-state index < -0.39 is 0 Å². The largest absolute Gasteiger partial charge is 0.469 e. The van der Waals surface area contributed by atoms with Crippen molar-refractivity contribution in [2.45, 2.75) is 83.8 Å². The van der Waals surface area contributed by atoms with Crippen LogP contribution in [0.2, 0.25) is 10.4 Å². The van der Waals surface area contributed by atoms with Gasteiger partial charge in [-0.3, -0.25) is 4.79 Å². The molecule has 1 aliphatic heterocycles. The molecular formula is C24H37Cl2N5O3. The standard InChI is InChI=1S/C24H37Cl2N5O3/c1-18-27-23-21(22(25)28-24(26)29-23)31(18)14-8-4-3-7-13-30-15-11-19(12-16-30)34-17-9-5-6-10-20(32)33-2/h19H,3-17H2,1-2H3. The third-order valence-electron chi connectivity index (χ3n) is 6.47. The maximum absolute atomic E-state index is 11.1. The molecule has 34 heavy (non-hydrogen) atoms. The van der Waals surface area contributed by atoms with E-state index in [0.717, 1.165) is 82.7 Å². The number of rotatable bonds is 14. The highest BCUT2D eigenvalue weighted by atomic mass is 35.5. The number of hydrogen-bond acceptors (Lipinski definition) is 7. The van der Waals surface area contributed by atoms with E-state index in [1.807, 2.05) is 6.92 Å². The maximum Gasteiger partial charge on any atom is 0.305 e. The number of fused-ring (bicyclic) bond motifs is 1. The zero-order valence-corrected chi connectivity index (χ0v) is 21.9. The number of nitrogens with zero attached hydrogens (tertiary/aromatic N) is 5. The number of halogens is 2. The number of unbranched alkanes of at least 4 members (excludes halogenated alkanes) is 5. The van der Waals surface area contributed by atoms with Gasteiger partial charge in [-0.15, -0.1) is 0 Å². The molecule has 0 aromatic carbocycles. The third-order valence-corrected chi connectivity index (χ3v) is 6.90. The predicted molar refractivity (Wildman–Crippen MR) is 134 cm³/mol. The molecule has 0 aliphatic carbocycles. The van der Waals surface area contributed by atoms with Crippen LogP contribution in [0, 0.1) is 6.92 Å². The Morgan fingerprint density at radius 1 is 0.971 bits per heavy atom. The smallest absolute Gasteiger partial charge is 0.305 e. The first-order valence-corrected chi connectivity index (χ1v) is 13.2. The lowest BCUT2D eigenvalue weighted by molar-refractivity contribution is -0.140. The average Bonchev–Trinajstić information content (AvgIpc) is 3.13. The van der Waals surface area contributed by atoms with Crippen LogP contribution in [0.1, 0.15) is 70.0 Å². The van der Waals surface area contributed by atoms with Crippen LogP contribution in [0.3, 0.4) is 0 Å². The second-order valence-electron chi connectivity index (χ2n) is 8.98.